The summed E-state index contributed by atoms with van der Waals surface area (Å²) in [6.45, 7) is 0.290. The van der Waals surface area contributed by atoms with Crippen molar-refractivity contribution in [1.82, 2.24) is 10.6 Å². The van der Waals surface area contributed by atoms with Crippen molar-refractivity contribution < 1.29 is 19.5 Å². The molecular weight excluding hydrogens is 330 g/mol. The highest BCUT2D eigenvalue weighted by atomic mass is 32.2. The summed E-state index contributed by atoms with van der Waals surface area (Å²) in [4.78, 5) is 34.0. The summed E-state index contributed by atoms with van der Waals surface area (Å²) in [5.41, 5.74) is 5.65. The largest absolute Gasteiger partial charge is 0.481 e. The van der Waals surface area contributed by atoms with Crippen molar-refractivity contribution in [2.75, 3.05) is 12.3 Å². The number of rotatable bonds is 11. The summed E-state index contributed by atoms with van der Waals surface area (Å²) in [5.74, 6) is 0.0499. The van der Waals surface area contributed by atoms with Crippen molar-refractivity contribution in [3.8, 4) is 0 Å². The molecule has 5 N–H and O–H groups in total. The van der Waals surface area contributed by atoms with Gasteiger partial charge in [-0.15, -0.1) is 0 Å². The van der Waals surface area contributed by atoms with Crippen LogP contribution in [0.15, 0.2) is 0 Å². The first-order chi connectivity index (χ1) is 11.5. The third-order valence-electron chi connectivity index (χ3n) is 4.78. The molecule has 8 heteroatoms. The van der Waals surface area contributed by atoms with Crippen molar-refractivity contribution in [3.05, 3.63) is 0 Å². The van der Waals surface area contributed by atoms with E-state index in [-0.39, 0.29) is 36.2 Å². The van der Waals surface area contributed by atoms with Crippen molar-refractivity contribution in [2.24, 2.45) is 11.7 Å². The van der Waals surface area contributed by atoms with E-state index in [2.05, 4.69) is 10.6 Å². The minimum atomic E-state index is -0.834. The van der Waals surface area contributed by atoms with Crippen LogP contribution in [-0.2, 0) is 9.59 Å². The van der Waals surface area contributed by atoms with Crippen molar-refractivity contribution in [1.29, 1.82) is 0 Å². The molecule has 136 valence electrons. The van der Waals surface area contributed by atoms with Gasteiger partial charge >= 0.3 is 12.0 Å². The van der Waals surface area contributed by atoms with E-state index in [1.54, 1.807) is 0 Å². The SMILES string of the molecule is NCC(CCCC(=O)O)C(=O)CCCC[C@@H]1SC[C@@H]2NC(=O)N[C@@H]21. The van der Waals surface area contributed by atoms with E-state index in [9.17, 15) is 14.4 Å². The summed E-state index contributed by atoms with van der Waals surface area (Å²) >= 11 is 1.88. The molecule has 4 atom stereocenters. The van der Waals surface area contributed by atoms with Gasteiger partial charge in [-0.1, -0.05) is 6.42 Å². The molecule has 24 heavy (non-hydrogen) atoms. The Balaban J connectivity index is 1.61. The molecule has 2 rings (SSSR count). The maximum atomic E-state index is 12.2. The summed E-state index contributed by atoms with van der Waals surface area (Å²) in [6, 6.07) is 0.383. The molecule has 2 heterocycles. The Morgan fingerprint density at radius 2 is 2.04 bits per heavy atom. The van der Waals surface area contributed by atoms with E-state index < -0.39 is 5.97 Å². The van der Waals surface area contributed by atoms with Crippen molar-refractivity contribution in [3.63, 3.8) is 0 Å². The van der Waals surface area contributed by atoms with Crippen molar-refractivity contribution in [2.45, 2.75) is 62.3 Å². The molecule has 2 saturated heterocycles. The summed E-state index contributed by atoms with van der Waals surface area (Å²) < 4.78 is 0. The summed E-state index contributed by atoms with van der Waals surface area (Å²) in [7, 11) is 0. The smallest absolute Gasteiger partial charge is 0.315 e. The topological polar surface area (TPSA) is 122 Å². The number of carbonyl (C=O) groups excluding carboxylic acids is 2. The lowest BCUT2D eigenvalue weighted by atomic mass is 9.93. The van der Waals surface area contributed by atoms with Crippen LogP contribution in [0.25, 0.3) is 0 Å². The van der Waals surface area contributed by atoms with Crippen LogP contribution < -0.4 is 16.4 Å². The zero-order chi connectivity index (χ0) is 17.5. The Morgan fingerprint density at radius 1 is 1.25 bits per heavy atom. The highest BCUT2D eigenvalue weighted by molar-refractivity contribution is 8.00. The fourth-order valence-corrected chi connectivity index (χ4v) is 4.95. The second-order valence-electron chi connectivity index (χ2n) is 6.55. The molecule has 0 saturated carbocycles. The van der Waals surface area contributed by atoms with Gasteiger partial charge in [0.25, 0.3) is 0 Å². The van der Waals surface area contributed by atoms with Crippen LogP contribution in [0, 0.1) is 5.92 Å². The van der Waals surface area contributed by atoms with Gasteiger partial charge in [0.15, 0.2) is 0 Å². The van der Waals surface area contributed by atoms with Crippen LogP contribution in [0.4, 0.5) is 4.79 Å². The van der Waals surface area contributed by atoms with Crippen molar-refractivity contribution >= 4 is 29.5 Å². The van der Waals surface area contributed by atoms with Gasteiger partial charge in [-0.25, -0.2) is 4.79 Å². The minimum Gasteiger partial charge on any atom is -0.481 e. The van der Waals surface area contributed by atoms with E-state index in [1.165, 1.54) is 0 Å². The second kappa shape index (κ2) is 9.27. The average molecular weight is 357 g/mol. The van der Waals surface area contributed by atoms with Gasteiger partial charge in [0.2, 0.25) is 0 Å². The zero-order valence-electron chi connectivity index (χ0n) is 13.8. The molecule has 2 aliphatic heterocycles. The van der Waals surface area contributed by atoms with Crippen LogP contribution in [0.2, 0.25) is 0 Å². The van der Waals surface area contributed by atoms with Gasteiger partial charge in [0, 0.05) is 36.3 Å². The molecule has 2 amide bonds. The first-order valence-corrected chi connectivity index (χ1v) is 9.69. The van der Waals surface area contributed by atoms with E-state index in [1.807, 2.05) is 11.8 Å². The lowest BCUT2D eigenvalue weighted by molar-refractivity contribution is -0.137. The van der Waals surface area contributed by atoms with Crippen LogP contribution in [0.5, 0.6) is 0 Å². The maximum Gasteiger partial charge on any atom is 0.315 e. The zero-order valence-corrected chi connectivity index (χ0v) is 14.6. The number of carboxylic acids is 1. The molecule has 0 aromatic rings. The number of thioether (sulfide) groups is 1. The van der Waals surface area contributed by atoms with Gasteiger partial charge in [-0.3, -0.25) is 9.59 Å². The summed E-state index contributed by atoms with van der Waals surface area (Å²) in [5, 5.41) is 15.0. The summed E-state index contributed by atoms with van der Waals surface area (Å²) in [6.07, 6.45) is 4.42. The van der Waals surface area contributed by atoms with E-state index >= 15 is 0 Å². The molecule has 7 nitrogen and oxygen atoms in total. The number of urea groups is 1. The third-order valence-corrected chi connectivity index (χ3v) is 6.29. The van der Waals surface area contributed by atoms with E-state index in [0.717, 1.165) is 25.0 Å². The number of hydrogen-bond donors (Lipinski definition) is 4. The third kappa shape index (κ3) is 5.37. The lowest BCUT2D eigenvalue weighted by Crippen LogP contribution is -2.36. The number of Topliss-reactive ketones (excluding diaryl/α,β-unsaturated/α-hetero) is 1. The number of ketones is 1. The minimum absolute atomic E-state index is 0.0716. The molecule has 0 aliphatic carbocycles. The fraction of sp³-hybridized carbons (Fsp3) is 0.812. The number of carbonyl (C=O) groups is 3. The Hall–Kier alpha value is -1.28. The quantitative estimate of drug-likeness (QED) is 0.325. The number of nitrogens with one attached hydrogen (secondary N) is 2. The fourth-order valence-electron chi connectivity index (χ4n) is 3.40. The number of aliphatic carboxylic acids is 1. The first kappa shape index (κ1) is 19.1. The van der Waals surface area contributed by atoms with Gasteiger partial charge in [0.1, 0.15) is 5.78 Å². The van der Waals surface area contributed by atoms with Crippen LogP contribution in [0.3, 0.4) is 0 Å². The predicted molar refractivity (Wildman–Crippen MR) is 93.0 cm³/mol. The van der Waals surface area contributed by atoms with Gasteiger partial charge < -0.3 is 21.5 Å². The molecular formula is C16H27N3O4S. The Bertz CT molecular complexity index is 474. The lowest BCUT2D eigenvalue weighted by Gasteiger charge is -2.17. The van der Waals surface area contributed by atoms with Crippen LogP contribution >= 0.6 is 11.8 Å². The van der Waals surface area contributed by atoms with Gasteiger partial charge in [-0.2, -0.15) is 11.8 Å². The number of carboxylic acid groups (broad SMARTS) is 1. The highest BCUT2D eigenvalue weighted by Crippen LogP contribution is 2.33. The van der Waals surface area contributed by atoms with Gasteiger partial charge in [0.05, 0.1) is 12.1 Å². The number of nitrogens with two attached hydrogens (primary N) is 1. The van der Waals surface area contributed by atoms with Crippen LogP contribution in [0.1, 0.15) is 44.9 Å². The first-order valence-electron chi connectivity index (χ1n) is 8.64. The monoisotopic (exact) mass is 357 g/mol. The number of amides is 2. The highest BCUT2D eigenvalue weighted by Gasteiger charge is 2.42. The predicted octanol–water partition coefficient (Wildman–Crippen LogP) is 1.11. The normalized spacial score (nSPS) is 26.5. The van der Waals surface area contributed by atoms with Crippen LogP contribution in [-0.4, -0.2) is 52.5 Å². The Labute approximate surface area is 146 Å². The standard InChI is InChI=1S/C16H27N3O4S/c17-8-10(4-3-7-14(21)22)12(20)5-1-2-6-13-15-11(9-24-13)18-16(23)19-15/h10-11,13,15H,1-9,17H2,(H,21,22)(H2,18,19,23)/t10?,11-,13-,15-/m0/s1. The van der Waals surface area contributed by atoms with E-state index in [4.69, 9.17) is 10.8 Å². The molecule has 2 fully saturated rings. The number of unbranched alkanes of at least 4 members (excludes halogenated alkanes) is 1. The van der Waals surface area contributed by atoms with Gasteiger partial charge in [-0.05, 0) is 25.7 Å². The molecule has 0 aromatic carbocycles. The number of hydrogen-bond acceptors (Lipinski definition) is 5. The molecule has 2 aliphatic rings. The Morgan fingerprint density at radius 3 is 2.75 bits per heavy atom. The average Bonchev–Trinajstić information content (AvgIpc) is 3.07. The van der Waals surface area contributed by atoms with E-state index in [0.29, 0.717) is 31.1 Å². The molecule has 0 radical (unpaired) electrons. The molecule has 1 unspecified atom stereocenters. The number of fused-ring (bicyclic) bond motifs is 1. The molecule has 0 bridgehead atoms. The second-order valence-corrected chi connectivity index (χ2v) is 7.82. The Kier molecular flexibility index (Phi) is 7.36. The molecule has 0 aromatic heterocycles. The maximum absolute atomic E-state index is 12.2. The molecule has 0 spiro atoms.